The Labute approximate surface area is 142 Å². The lowest BCUT2D eigenvalue weighted by molar-refractivity contribution is 0.112. The molecule has 0 spiro atoms. The van der Waals surface area contributed by atoms with Gasteiger partial charge in [0.25, 0.3) is 0 Å². The summed E-state index contributed by atoms with van der Waals surface area (Å²) >= 11 is 12.4. The van der Waals surface area contributed by atoms with Crippen molar-refractivity contribution < 1.29 is 9.47 Å². The second kappa shape index (κ2) is 8.37. The van der Waals surface area contributed by atoms with Gasteiger partial charge in [-0.1, -0.05) is 23.2 Å². The van der Waals surface area contributed by atoms with Crippen LogP contribution in [0.1, 0.15) is 5.56 Å². The molecule has 1 aromatic rings. The monoisotopic (exact) mass is 346 g/mol. The quantitative estimate of drug-likeness (QED) is 0.818. The summed E-state index contributed by atoms with van der Waals surface area (Å²) < 4.78 is 11.2. The van der Waals surface area contributed by atoms with Gasteiger partial charge in [0, 0.05) is 42.7 Å². The first-order valence-electron chi connectivity index (χ1n) is 7.46. The molecule has 0 saturated carbocycles. The Hall–Kier alpha value is -0.520. The van der Waals surface area contributed by atoms with Crippen molar-refractivity contribution in [2.75, 3.05) is 54.1 Å². The maximum atomic E-state index is 6.22. The van der Waals surface area contributed by atoms with Gasteiger partial charge in [0.1, 0.15) is 5.75 Å². The second-order valence-electron chi connectivity index (χ2n) is 6.02. The summed E-state index contributed by atoms with van der Waals surface area (Å²) in [6, 6.07) is 3.64. The lowest BCUT2D eigenvalue weighted by Gasteiger charge is -2.26. The molecule has 0 N–H and O–H groups in total. The largest absolute Gasteiger partial charge is 0.495 e. The van der Waals surface area contributed by atoms with Crippen molar-refractivity contribution in [2.24, 2.45) is 5.92 Å². The second-order valence-corrected chi connectivity index (χ2v) is 6.86. The summed E-state index contributed by atoms with van der Waals surface area (Å²) in [6.07, 6.45) is 0. The molecule has 0 aliphatic carbocycles. The van der Waals surface area contributed by atoms with Crippen LogP contribution < -0.4 is 4.74 Å². The van der Waals surface area contributed by atoms with Gasteiger partial charge in [-0.3, -0.25) is 4.90 Å². The molecule has 0 aromatic heterocycles. The van der Waals surface area contributed by atoms with Crippen LogP contribution in [0.3, 0.4) is 0 Å². The van der Waals surface area contributed by atoms with E-state index >= 15 is 0 Å². The fourth-order valence-electron chi connectivity index (χ4n) is 2.92. The van der Waals surface area contributed by atoms with Crippen LogP contribution in [0.2, 0.25) is 10.0 Å². The lowest BCUT2D eigenvalue weighted by Crippen LogP contribution is -2.34. The summed E-state index contributed by atoms with van der Waals surface area (Å²) in [6.45, 7) is 5.23. The Bertz CT molecular complexity index is 497. The van der Waals surface area contributed by atoms with Crippen LogP contribution in [0.4, 0.5) is 0 Å². The minimum atomic E-state index is 0.498. The standard InChI is InChI=1S/C16H24Cl2N2O2/c1-19(2)8-12-9-20(4-5-22-11-12)10-13-6-14(17)7-15(18)16(13)21-3/h6-7,12H,4-5,8-11H2,1-3H3. The van der Waals surface area contributed by atoms with Gasteiger partial charge in [-0.25, -0.2) is 0 Å². The zero-order valence-electron chi connectivity index (χ0n) is 13.4. The van der Waals surface area contributed by atoms with Gasteiger partial charge in [0.2, 0.25) is 0 Å². The highest BCUT2D eigenvalue weighted by atomic mass is 35.5. The van der Waals surface area contributed by atoms with Crippen molar-refractivity contribution in [3.05, 3.63) is 27.7 Å². The average Bonchev–Trinajstić information content (AvgIpc) is 2.62. The predicted molar refractivity (Wildman–Crippen MR) is 91.2 cm³/mol. The number of nitrogens with zero attached hydrogens (tertiary/aromatic N) is 2. The maximum Gasteiger partial charge on any atom is 0.142 e. The van der Waals surface area contributed by atoms with E-state index in [1.807, 2.05) is 6.07 Å². The lowest BCUT2D eigenvalue weighted by atomic mass is 10.1. The van der Waals surface area contributed by atoms with E-state index in [0.717, 1.165) is 45.0 Å². The van der Waals surface area contributed by atoms with Crippen LogP contribution >= 0.6 is 23.2 Å². The van der Waals surface area contributed by atoms with Crippen LogP contribution in [0.5, 0.6) is 5.75 Å². The van der Waals surface area contributed by atoms with Crippen LogP contribution in [-0.2, 0) is 11.3 Å². The fraction of sp³-hybridized carbons (Fsp3) is 0.625. The molecule has 0 radical (unpaired) electrons. The molecule has 4 nitrogen and oxygen atoms in total. The van der Waals surface area contributed by atoms with E-state index in [1.54, 1.807) is 13.2 Å². The average molecular weight is 347 g/mol. The Morgan fingerprint density at radius 3 is 2.82 bits per heavy atom. The van der Waals surface area contributed by atoms with Crippen molar-refractivity contribution in [1.29, 1.82) is 0 Å². The van der Waals surface area contributed by atoms with Gasteiger partial charge >= 0.3 is 0 Å². The number of hydrogen-bond donors (Lipinski definition) is 0. The Morgan fingerprint density at radius 2 is 2.14 bits per heavy atom. The van der Waals surface area contributed by atoms with Crippen molar-refractivity contribution >= 4 is 23.2 Å². The molecule has 22 heavy (non-hydrogen) atoms. The summed E-state index contributed by atoms with van der Waals surface area (Å²) in [5.41, 5.74) is 1.02. The zero-order valence-corrected chi connectivity index (χ0v) is 15.0. The van der Waals surface area contributed by atoms with Crippen LogP contribution in [0, 0.1) is 5.92 Å². The summed E-state index contributed by atoms with van der Waals surface area (Å²) in [7, 11) is 5.82. The third-order valence-corrected chi connectivity index (χ3v) is 4.23. The van der Waals surface area contributed by atoms with Crippen molar-refractivity contribution in [2.45, 2.75) is 6.54 Å². The molecule has 124 valence electrons. The van der Waals surface area contributed by atoms with Gasteiger partial charge in [-0.05, 0) is 26.2 Å². The molecule has 1 heterocycles. The molecule has 1 aromatic carbocycles. The molecule has 6 heteroatoms. The highest BCUT2D eigenvalue weighted by Gasteiger charge is 2.21. The molecular weight excluding hydrogens is 323 g/mol. The number of benzene rings is 1. The number of rotatable bonds is 5. The number of methoxy groups -OCH3 is 1. The molecule has 1 fully saturated rings. The maximum absolute atomic E-state index is 6.22. The highest BCUT2D eigenvalue weighted by Crippen LogP contribution is 2.33. The first-order chi connectivity index (χ1) is 10.5. The van der Waals surface area contributed by atoms with E-state index in [0.29, 0.717) is 21.7 Å². The van der Waals surface area contributed by atoms with E-state index in [1.165, 1.54) is 0 Å². The zero-order chi connectivity index (χ0) is 16.1. The molecular formula is C16H24Cl2N2O2. The van der Waals surface area contributed by atoms with Crippen molar-refractivity contribution in [1.82, 2.24) is 9.80 Å². The number of ether oxygens (including phenoxy) is 2. The fourth-order valence-corrected chi connectivity index (χ4v) is 3.54. The van der Waals surface area contributed by atoms with Gasteiger partial charge in [0.05, 0.1) is 25.3 Å². The molecule has 0 amide bonds. The smallest absolute Gasteiger partial charge is 0.142 e. The van der Waals surface area contributed by atoms with E-state index in [9.17, 15) is 0 Å². The molecule has 2 rings (SSSR count). The topological polar surface area (TPSA) is 24.9 Å². The minimum absolute atomic E-state index is 0.498. The number of halogens is 2. The van der Waals surface area contributed by atoms with E-state index in [-0.39, 0.29) is 0 Å². The molecule has 1 unspecified atom stereocenters. The Morgan fingerprint density at radius 1 is 1.36 bits per heavy atom. The van der Waals surface area contributed by atoms with E-state index in [4.69, 9.17) is 32.7 Å². The van der Waals surface area contributed by atoms with Crippen LogP contribution in [-0.4, -0.2) is 63.9 Å². The Kier molecular flexibility index (Phi) is 6.78. The van der Waals surface area contributed by atoms with Gasteiger partial charge in [-0.15, -0.1) is 0 Å². The molecule has 1 aliphatic heterocycles. The van der Waals surface area contributed by atoms with Crippen LogP contribution in [0.25, 0.3) is 0 Å². The minimum Gasteiger partial charge on any atom is -0.495 e. The number of hydrogen-bond acceptors (Lipinski definition) is 4. The summed E-state index contributed by atoms with van der Waals surface area (Å²) in [4.78, 5) is 4.58. The van der Waals surface area contributed by atoms with E-state index < -0.39 is 0 Å². The first-order valence-corrected chi connectivity index (χ1v) is 8.22. The molecule has 1 atom stereocenters. The van der Waals surface area contributed by atoms with Gasteiger partial charge in [0.15, 0.2) is 0 Å². The third-order valence-electron chi connectivity index (χ3n) is 3.73. The van der Waals surface area contributed by atoms with Crippen molar-refractivity contribution in [3.63, 3.8) is 0 Å². The van der Waals surface area contributed by atoms with Gasteiger partial charge < -0.3 is 14.4 Å². The summed E-state index contributed by atoms with van der Waals surface area (Å²) in [5, 5.41) is 1.19. The normalized spacial score (nSPS) is 20.2. The molecule has 0 bridgehead atoms. The van der Waals surface area contributed by atoms with E-state index in [2.05, 4.69) is 23.9 Å². The third kappa shape index (κ3) is 5.00. The van der Waals surface area contributed by atoms with Crippen LogP contribution in [0.15, 0.2) is 12.1 Å². The van der Waals surface area contributed by atoms with Crippen molar-refractivity contribution in [3.8, 4) is 5.75 Å². The van der Waals surface area contributed by atoms with Gasteiger partial charge in [-0.2, -0.15) is 0 Å². The highest BCUT2D eigenvalue weighted by molar-refractivity contribution is 6.35. The molecule has 1 saturated heterocycles. The Balaban J connectivity index is 2.11. The first kappa shape index (κ1) is 17.8. The predicted octanol–water partition coefficient (Wildman–Crippen LogP) is 3.01. The summed E-state index contributed by atoms with van der Waals surface area (Å²) in [5.74, 6) is 1.21. The SMILES string of the molecule is COc1c(Cl)cc(Cl)cc1CN1CCOCC(CN(C)C)C1. The molecule has 1 aliphatic rings.